The summed E-state index contributed by atoms with van der Waals surface area (Å²) >= 11 is 0. The Morgan fingerprint density at radius 1 is 1.09 bits per heavy atom. The van der Waals surface area contributed by atoms with Gasteiger partial charge in [0.1, 0.15) is 12.1 Å². The number of anilines is 2. The van der Waals surface area contributed by atoms with E-state index >= 15 is 0 Å². The van der Waals surface area contributed by atoms with Crippen molar-refractivity contribution in [3.8, 4) is 0 Å². The van der Waals surface area contributed by atoms with Crippen LogP contribution in [0.1, 0.15) is 42.9 Å². The van der Waals surface area contributed by atoms with E-state index in [2.05, 4.69) is 30.6 Å². The maximum Gasteiger partial charge on any atom is 0.237 e. The summed E-state index contributed by atoms with van der Waals surface area (Å²) in [5.41, 5.74) is 8.65. The van der Waals surface area contributed by atoms with Crippen molar-refractivity contribution in [1.82, 2.24) is 25.3 Å². The van der Waals surface area contributed by atoms with Crippen molar-refractivity contribution in [2.24, 2.45) is 11.7 Å². The quantitative estimate of drug-likeness (QED) is 0.483. The van der Waals surface area contributed by atoms with Crippen LogP contribution in [0.15, 0.2) is 55.2 Å². The minimum absolute atomic E-state index is 0.169. The van der Waals surface area contributed by atoms with E-state index in [0.717, 1.165) is 42.6 Å². The van der Waals surface area contributed by atoms with E-state index in [9.17, 15) is 9.18 Å². The smallest absolute Gasteiger partial charge is 0.237 e. The highest BCUT2D eigenvalue weighted by atomic mass is 19.1. The van der Waals surface area contributed by atoms with Crippen LogP contribution in [0.4, 0.5) is 16.0 Å². The van der Waals surface area contributed by atoms with Gasteiger partial charge in [0.05, 0.1) is 24.1 Å². The first-order valence-electron chi connectivity index (χ1n) is 11.2. The molecular weight excluding hydrogens is 421 g/mol. The zero-order valence-electron chi connectivity index (χ0n) is 18.3. The molecule has 0 saturated heterocycles. The molecule has 2 aromatic heterocycles. The molecule has 1 amide bonds. The summed E-state index contributed by atoms with van der Waals surface area (Å²) < 4.78 is 13.0. The number of amides is 1. The number of hydrogen-bond donors (Lipinski definition) is 3. The second-order valence-electron chi connectivity index (χ2n) is 8.46. The molecule has 0 aliphatic heterocycles. The molecule has 0 bridgehead atoms. The number of nitrogens with two attached hydrogens (primary N) is 1. The lowest BCUT2D eigenvalue weighted by atomic mass is 9.80. The van der Waals surface area contributed by atoms with Crippen LogP contribution >= 0.6 is 0 Å². The Balaban J connectivity index is 1.22. The van der Waals surface area contributed by atoms with E-state index in [0.29, 0.717) is 30.7 Å². The number of halogens is 1. The van der Waals surface area contributed by atoms with Crippen molar-refractivity contribution >= 4 is 17.5 Å². The highest BCUT2D eigenvalue weighted by Crippen LogP contribution is 2.35. The number of hydrogen-bond acceptors (Lipinski definition) is 7. The van der Waals surface area contributed by atoms with E-state index < -0.39 is 6.04 Å². The second kappa shape index (κ2) is 10.9. The van der Waals surface area contributed by atoms with Crippen LogP contribution in [0.5, 0.6) is 0 Å². The first-order chi connectivity index (χ1) is 16.1. The van der Waals surface area contributed by atoms with Crippen LogP contribution in [0.3, 0.4) is 0 Å². The highest BCUT2D eigenvalue weighted by Gasteiger charge is 2.24. The normalized spacial score (nSPS) is 19.0. The van der Waals surface area contributed by atoms with Crippen LogP contribution < -0.4 is 16.4 Å². The lowest BCUT2D eigenvalue weighted by Gasteiger charge is -2.28. The maximum atomic E-state index is 13.0. The number of rotatable bonds is 8. The third-order valence-electron chi connectivity index (χ3n) is 6.03. The Morgan fingerprint density at radius 2 is 1.82 bits per heavy atom. The minimum Gasteiger partial charge on any atom is -0.354 e. The summed E-state index contributed by atoms with van der Waals surface area (Å²) in [5, 5.41) is 6.12. The molecule has 33 heavy (non-hydrogen) atoms. The van der Waals surface area contributed by atoms with Crippen LogP contribution in [0, 0.1) is 11.7 Å². The molecule has 0 spiro atoms. The van der Waals surface area contributed by atoms with Gasteiger partial charge in [-0.2, -0.15) is 0 Å². The molecule has 0 unspecified atom stereocenters. The highest BCUT2D eigenvalue weighted by molar-refractivity contribution is 5.81. The van der Waals surface area contributed by atoms with Gasteiger partial charge in [0, 0.05) is 24.4 Å². The van der Waals surface area contributed by atoms with Crippen molar-refractivity contribution in [2.45, 2.75) is 44.1 Å². The second-order valence-corrected chi connectivity index (χ2v) is 8.46. The van der Waals surface area contributed by atoms with Crippen molar-refractivity contribution in [1.29, 1.82) is 0 Å². The number of carbonyl (C=O) groups excluding carboxylic acids is 1. The largest absolute Gasteiger partial charge is 0.354 e. The van der Waals surface area contributed by atoms with Gasteiger partial charge < -0.3 is 16.4 Å². The zero-order chi connectivity index (χ0) is 23.0. The van der Waals surface area contributed by atoms with E-state index in [4.69, 9.17) is 5.73 Å². The molecule has 9 heteroatoms. The fraction of sp³-hybridized carbons (Fsp3) is 0.375. The summed E-state index contributed by atoms with van der Waals surface area (Å²) in [4.78, 5) is 29.3. The topological polar surface area (TPSA) is 119 Å². The molecule has 1 aromatic carbocycles. The maximum absolute atomic E-state index is 13.0. The number of nitrogens with zero attached hydrogens (tertiary/aromatic N) is 4. The Morgan fingerprint density at radius 3 is 2.55 bits per heavy atom. The predicted octanol–water partition coefficient (Wildman–Crippen LogP) is 3.11. The van der Waals surface area contributed by atoms with Gasteiger partial charge in [-0.25, -0.2) is 24.3 Å². The van der Waals surface area contributed by atoms with Gasteiger partial charge in [0.2, 0.25) is 11.9 Å². The SMILES string of the molecule is N[C@@H](Cc1ccc(F)cc1)C(=O)NCC1CCC(c2ccnc(Nc3cncnc3)n2)CC1. The van der Waals surface area contributed by atoms with Gasteiger partial charge in [0.25, 0.3) is 0 Å². The molecular formula is C24H28FN7O. The minimum atomic E-state index is -0.645. The first-order valence-corrected chi connectivity index (χ1v) is 11.2. The third-order valence-corrected chi connectivity index (χ3v) is 6.03. The summed E-state index contributed by atoms with van der Waals surface area (Å²) in [6.07, 6.45) is 11.0. The predicted molar refractivity (Wildman–Crippen MR) is 123 cm³/mol. The average molecular weight is 450 g/mol. The standard InChI is InChI=1S/C24H28FN7O/c25-19-7-3-16(4-8-19)11-21(26)23(33)30-12-17-1-5-18(6-2-17)22-9-10-29-24(32-22)31-20-13-27-15-28-14-20/h3-4,7-10,13-15,17-18,21H,1-2,5-6,11-12,26H2,(H,30,33)(H,29,31,32)/t17?,18?,21-/m0/s1. The van der Waals surface area contributed by atoms with Gasteiger partial charge in [-0.1, -0.05) is 12.1 Å². The monoisotopic (exact) mass is 449 g/mol. The van der Waals surface area contributed by atoms with E-state index in [1.165, 1.54) is 18.5 Å². The van der Waals surface area contributed by atoms with Crippen LogP contribution in [0.25, 0.3) is 0 Å². The van der Waals surface area contributed by atoms with E-state index in [1.54, 1.807) is 30.7 Å². The molecule has 1 atom stereocenters. The summed E-state index contributed by atoms with van der Waals surface area (Å²) in [6.45, 7) is 0.618. The van der Waals surface area contributed by atoms with Gasteiger partial charge in [-0.3, -0.25) is 4.79 Å². The third kappa shape index (κ3) is 6.52. The van der Waals surface area contributed by atoms with Gasteiger partial charge >= 0.3 is 0 Å². The summed E-state index contributed by atoms with van der Waals surface area (Å²) in [6, 6.07) is 7.40. The average Bonchev–Trinajstić information content (AvgIpc) is 2.85. The Kier molecular flexibility index (Phi) is 7.51. The Hall–Kier alpha value is -3.46. The molecule has 3 aromatic rings. The molecule has 4 rings (SSSR count). The molecule has 1 saturated carbocycles. The fourth-order valence-electron chi connectivity index (χ4n) is 4.16. The van der Waals surface area contributed by atoms with Crippen molar-refractivity contribution in [3.63, 3.8) is 0 Å². The molecule has 4 N–H and O–H groups in total. The lowest BCUT2D eigenvalue weighted by molar-refractivity contribution is -0.122. The Labute approximate surface area is 192 Å². The summed E-state index contributed by atoms with van der Waals surface area (Å²) in [5.74, 6) is 0.856. The zero-order valence-corrected chi connectivity index (χ0v) is 18.3. The molecule has 1 fully saturated rings. The molecule has 8 nitrogen and oxygen atoms in total. The van der Waals surface area contributed by atoms with Crippen molar-refractivity contribution in [2.75, 3.05) is 11.9 Å². The molecule has 1 aliphatic carbocycles. The van der Waals surface area contributed by atoms with Crippen molar-refractivity contribution in [3.05, 3.63) is 72.3 Å². The molecule has 1 aliphatic rings. The molecule has 2 heterocycles. The Bertz CT molecular complexity index is 1040. The lowest BCUT2D eigenvalue weighted by Crippen LogP contribution is -2.44. The van der Waals surface area contributed by atoms with E-state index in [1.807, 2.05) is 6.07 Å². The number of benzene rings is 1. The summed E-state index contributed by atoms with van der Waals surface area (Å²) in [7, 11) is 0. The van der Waals surface area contributed by atoms with Crippen LogP contribution in [0.2, 0.25) is 0 Å². The van der Waals surface area contributed by atoms with Crippen LogP contribution in [-0.4, -0.2) is 38.4 Å². The van der Waals surface area contributed by atoms with Gasteiger partial charge in [0.15, 0.2) is 0 Å². The molecule has 0 radical (unpaired) electrons. The number of nitrogens with one attached hydrogen (secondary N) is 2. The number of aromatic nitrogens is 4. The van der Waals surface area contributed by atoms with Gasteiger partial charge in [-0.05, 0) is 61.8 Å². The molecule has 172 valence electrons. The van der Waals surface area contributed by atoms with E-state index in [-0.39, 0.29) is 11.7 Å². The number of carbonyl (C=O) groups is 1. The van der Waals surface area contributed by atoms with Crippen LogP contribution in [-0.2, 0) is 11.2 Å². The first kappa shape index (κ1) is 22.7. The van der Waals surface area contributed by atoms with Crippen molar-refractivity contribution < 1.29 is 9.18 Å². The fourth-order valence-corrected chi connectivity index (χ4v) is 4.16. The van der Waals surface area contributed by atoms with Gasteiger partial charge in [-0.15, -0.1) is 0 Å².